The third kappa shape index (κ3) is 5.37. The highest BCUT2D eigenvalue weighted by Crippen LogP contribution is 2.46. The van der Waals surface area contributed by atoms with Crippen molar-refractivity contribution in [3.63, 3.8) is 0 Å². The molecule has 0 aliphatic carbocycles. The highest BCUT2D eigenvalue weighted by Gasteiger charge is 2.19. The number of fused-ring (bicyclic) bond motifs is 10. The summed E-state index contributed by atoms with van der Waals surface area (Å²) in [6.45, 7) is 0. The van der Waals surface area contributed by atoms with Crippen molar-refractivity contribution < 1.29 is 4.42 Å². The van der Waals surface area contributed by atoms with Gasteiger partial charge in [0.15, 0.2) is 0 Å². The number of anilines is 3. The Hall–Kier alpha value is -6.98. The molecule has 12 rings (SSSR count). The summed E-state index contributed by atoms with van der Waals surface area (Å²) >= 11 is 3.69. The van der Waals surface area contributed by atoms with Gasteiger partial charge < -0.3 is 9.32 Å². The monoisotopic (exact) mass is 775 g/mol. The third-order valence-electron chi connectivity index (χ3n) is 11.5. The van der Waals surface area contributed by atoms with E-state index < -0.39 is 0 Å². The minimum Gasteiger partial charge on any atom is -0.455 e. The van der Waals surface area contributed by atoms with E-state index in [9.17, 15) is 0 Å². The number of hydrogen-bond donors (Lipinski definition) is 0. The molecule has 3 heterocycles. The van der Waals surface area contributed by atoms with Crippen LogP contribution in [-0.2, 0) is 0 Å². The second kappa shape index (κ2) is 13.3. The van der Waals surface area contributed by atoms with Crippen LogP contribution in [0.5, 0.6) is 0 Å². The third-order valence-corrected chi connectivity index (χ3v) is 13.8. The molecule has 272 valence electrons. The number of para-hydroxylation sites is 1. The zero-order chi connectivity index (χ0) is 38.2. The van der Waals surface area contributed by atoms with Crippen molar-refractivity contribution in [1.29, 1.82) is 0 Å². The summed E-state index contributed by atoms with van der Waals surface area (Å²) in [7, 11) is 0. The Morgan fingerprint density at radius 3 is 1.62 bits per heavy atom. The lowest BCUT2D eigenvalue weighted by Crippen LogP contribution is -2.09. The van der Waals surface area contributed by atoms with E-state index in [1.807, 2.05) is 28.7 Å². The first kappa shape index (κ1) is 33.2. The lowest BCUT2D eigenvalue weighted by atomic mass is 9.98. The summed E-state index contributed by atoms with van der Waals surface area (Å²) in [5.74, 6) is 0. The Morgan fingerprint density at radius 1 is 0.328 bits per heavy atom. The maximum absolute atomic E-state index is 6.58. The first-order valence-electron chi connectivity index (χ1n) is 19.6. The normalized spacial score (nSPS) is 11.8. The fourth-order valence-corrected chi connectivity index (χ4v) is 10.9. The van der Waals surface area contributed by atoms with Crippen molar-refractivity contribution in [1.82, 2.24) is 0 Å². The molecule has 0 atom stereocenters. The van der Waals surface area contributed by atoms with Crippen molar-refractivity contribution >= 4 is 102 Å². The highest BCUT2D eigenvalue weighted by molar-refractivity contribution is 7.26. The van der Waals surface area contributed by atoms with Crippen LogP contribution < -0.4 is 4.90 Å². The van der Waals surface area contributed by atoms with Gasteiger partial charge in [-0.25, -0.2) is 0 Å². The summed E-state index contributed by atoms with van der Waals surface area (Å²) < 4.78 is 11.7. The number of rotatable bonds is 6. The smallest absolute Gasteiger partial charge is 0.144 e. The second-order valence-corrected chi connectivity index (χ2v) is 17.0. The van der Waals surface area contributed by atoms with Crippen molar-refractivity contribution in [2.24, 2.45) is 0 Å². The molecule has 4 heteroatoms. The Labute approximate surface area is 343 Å². The first-order valence-corrected chi connectivity index (χ1v) is 21.2. The van der Waals surface area contributed by atoms with Gasteiger partial charge in [0.1, 0.15) is 11.2 Å². The van der Waals surface area contributed by atoms with E-state index in [1.165, 1.54) is 73.7 Å². The van der Waals surface area contributed by atoms with Gasteiger partial charge >= 0.3 is 0 Å². The molecule has 9 aromatic carbocycles. The van der Waals surface area contributed by atoms with Gasteiger partial charge in [-0.3, -0.25) is 0 Å². The number of furan rings is 1. The fraction of sp³-hybridized carbons (Fsp3) is 0. The topological polar surface area (TPSA) is 16.4 Å². The summed E-state index contributed by atoms with van der Waals surface area (Å²) in [6, 6.07) is 72.6. The molecule has 0 bridgehead atoms. The molecular formula is C54H33NOS2. The Kier molecular flexibility index (Phi) is 7.62. The van der Waals surface area contributed by atoms with Gasteiger partial charge in [-0.1, -0.05) is 121 Å². The number of hydrogen-bond acceptors (Lipinski definition) is 4. The zero-order valence-electron chi connectivity index (χ0n) is 31.2. The van der Waals surface area contributed by atoms with E-state index in [0.29, 0.717) is 0 Å². The Morgan fingerprint density at radius 2 is 0.862 bits per heavy atom. The maximum Gasteiger partial charge on any atom is 0.144 e. The Bertz CT molecular complexity index is 3480. The van der Waals surface area contributed by atoms with Crippen LogP contribution in [0, 0.1) is 0 Å². The lowest BCUT2D eigenvalue weighted by Gasteiger charge is -2.26. The number of benzene rings is 9. The van der Waals surface area contributed by atoms with Gasteiger partial charge in [0.2, 0.25) is 0 Å². The molecule has 0 aliphatic heterocycles. The predicted octanol–water partition coefficient (Wildman–Crippen LogP) is 16.8. The van der Waals surface area contributed by atoms with Crippen LogP contribution in [0.25, 0.3) is 95.7 Å². The van der Waals surface area contributed by atoms with E-state index in [1.54, 1.807) is 0 Å². The van der Waals surface area contributed by atoms with Crippen LogP contribution in [0.2, 0.25) is 0 Å². The van der Waals surface area contributed by atoms with Gasteiger partial charge in [-0.2, -0.15) is 0 Å². The molecule has 0 fully saturated rings. The van der Waals surface area contributed by atoms with Crippen molar-refractivity contribution in [3.05, 3.63) is 200 Å². The SMILES string of the molecule is c1ccc(-c2ccc(N(c3ccc(-c4ccc5sc6ccccc6c5c4)cc3)c3ccc(-c4cccc5sc6ccc7c8ccccc8oc7c6c45)cc3)cc2)cc1. The average Bonchev–Trinajstić information content (AvgIpc) is 3.99. The van der Waals surface area contributed by atoms with Gasteiger partial charge in [0.05, 0.1) is 0 Å². The lowest BCUT2D eigenvalue weighted by molar-refractivity contribution is 0.673. The van der Waals surface area contributed by atoms with Gasteiger partial charge in [0.25, 0.3) is 0 Å². The van der Waals surface area contributed by atoms with Crippen molar-refractivity contribution in [3.8, 4) is 33.4 Å². The fourth-order valence-electron chi connectivity index (χ4n) is 8.71. The minimum absolute atomic E-state index is 0.924. The average molecular weight is 776 g/mol. The van der Waals surface area contributed by atoms with Crippen LogP contribution in [0.1, 0.15) is 0 Å². The molecule has 0 radical (unpaired) electrons. The van der Waals surface area contributed by atoms with Crippen LogP contribution in [0.4, 0.5) is 17.1 Å². The van der Waals surface area contributed by atoms with E-state index in [2.05, 4.69) is 199 Å². The zero-order valence-corrected chi connectivity index (χ0v) is 32.9. The van der Waals surface area contributed by atoms with E-state index in [4.69, 9.17) is 4.42 Å². The highest BCUT2D eigenvalue weighted by atomic mass is 32.1. The predicted molar refractivity (Wildman–Crippen MR) is 250 cm³/mol. The maximum atomic E-state index is 6.58. The minimum atomic E-state index is 0.924. The van der Waals surface area contributed by atoms with Crippen LogP contribution in [0.3, 0.4) is 0 Å². The molecule has 0 spiro atoms. The first-order chi connectivity index (χ1) is 28.7. The number of thiophene rings is 2. The molecule has 0 amide bonds. The van der Waals surface area contributed by atoms with E-state index in [-0.39, 0.29) is 0 Å². The Balaban J connectivity index is 0.957. The van der Waals surface area contributed by atoms with Gasteiger partial charge in [-0.15, -0.1) is 22.7 Å². The summed E-state index contributed by atoms with van der Waals surface area (Å²) in [5, 5.41) is 7.39. The van der Waals surface area contributed by atoms with Gasteiger partial charge in [0, 0.05) is 68.2 Å². The van der Waals surface area contributed by atoms with Crippen LogP contribution in [0.15, 0.2) is 205 Å². The summed E-state index contributed by atoms with van der Waals surface area (Å²) in [5.41, 5.74) is 12.4. The second-order valence-electron chi connectivity index (χ2n) is 14.8. The molecular weight excluding hydrogens is 743 g/mol. The quantitative estimate of drug-likeness (QED) is 0.167. The number of nitrogens with zero attached hydrogens (tertiary/aromatic N) is 1. The van der Waals surface area contributed by atoms with Gasteiger partial charge in [-0.05, 0) is 112 Å². The van der Waals surface area contributed by atoms with Crippen LogP contribution >= 0.6 is 22.7 Å². The molecule has 0 unspecified atom stereocenters. The molecule has 58 heavy (non-hydrogen) atoms. The molecule has 0 saturated heterocycles. The molecule has 3 aromatic heterocycles. The van der Waals surface area contributed by atoms with Crippen molar-refractivity contribution in [2.45, 2.75) is 0 Å². The molecule has 0 aliphatic rings. The molecule has 2 nitrogen and oxygen atoms in total. The van der Waals surface area contributed by atoms with E-state index in [0.717, 1.165) is 39.0 Å². The standard InChI is InChI=1S/C54H33NOS2/c1-2-9-34(10-3-1)35-17-24-39(25-18-35)55(40-26-19-36(20-27-40)38-23-31-49-46(33-38)44-12-5-7-15-48(44)57-49)41-28-21-37(22-29-41)42-13-8-16-50-52(42)53-51(58-50)32-30-45-43-11-4-6-14-47(43)56-54(45)53/h1-33H. The summed E-state index contributed by atoms with van der Waals surface area (Å²) in [6.07, 6.45) is 0. The molecule has 0 saturated carbocycles. The van der Waals surface area contributed by atoms with E-state index >= 15 is 0 Å². The molecule has 0 N–H and O–H groups in total. The van der Waals surface area contributed by atoms with Crippen LogP contribution in [-0.4, -0.2) is 0 Å². The van der Waals surface area contributed by atoms with Crippen molar-refractivity contribution in [2.75, 3.05) is 4.90 Å². The molecule has 12 aromatic rings. The summed E-state index contributed by atoms with van der Waals surface area (Å²) in [4.78, 5) is 2.36. The largest absolute Gasteiger partial charge is 0.455 e.